The Hall–Kier alpha value is -3.02. The van der Waals surface area contributed by atoms with Crippen LogP contribution in [0.4, 0.5) is 0 Å². The van der Waals surface area contributed by atoms with E-state index in [0.717, 1.165) is 11.1 Å². The van der Waals surface area contributed by atoms with Crippen molar-refractivity contribution < 1.29 is 19.1 Å². The number of nitrogens with one attached hydrogen (secondary N) is 1. The van der Waals surface area contributed by atoms with Gasteiger partial charge in [-0.3, -0.25) is 9.59 Å². The van der Waals surface area contributed by atoms with Gasteiger partial charge in [-0.25, -0.2) is 0 Å². The third-order valence-electron chi connectivity index (χ3n) is 5.01. The minimum absolute atomic E-state index is 0.138. The van der Waals surface area contributed by atoms with Crippen molar-refractivity contribution in [1.82, 2.24) is 10.2 Å². The molecule has 0 radical (unpaired) electrons. The van der Waals surface area contributed by atoms with Crippen molar-refractivity contribution in [2.75, 3.05) is 20.8 Å². The molecule has 0 aromatic heterocycles. The zero-order valence-corrected chi connectivity index (χ0v) is 18.5. The number of amides is 2. The summed E-state index contributed by atoms with van der Waals surface area (Å²) < 4.78 is 11.2. The Morgan fingerprint density at radius 3 is 2.47 bits per heavy atom. The van der Waals surface area contributed by atoms with Gasteiger partial charge in [0, 0.05) is 13.6 Å². The molecule has 30 heavy (non-hydrogen) atoms. The van der Waals surface area contributed by atoms with Gasteiger partial charge < -0.3 is 19.7 Å². The van der Waals surface area contributed by atoms with E-state index >= 15 is 0 Å². The molecule has 0 heterocycles. The van der Waals surface area contributed by atoms with Gasteiger partial charge in [-0.1, -0.05) is 51.1 Å². The highest BCUT2D eigenvalue weighted by Gasteiger charge is 2.28. The Morgan fingerprint density at radius 1 is 1.10 bits per heavy atom. The molecule has 0 bridgehead atoms. The lowest BCUT2D eigenvalue weighted by Gasteiger charge is -2.30. The van der Waals surface area contributed by atoms with E-state index in [0.29, 0.717) is 17.9 Å². The highest BCUT2D eigenvalue weighted by molar-refractivity contribution is 5.88. The molecule has 2 aromatic carbocycles. The van der Waals surface area contributed by atoms with Gasteiger partial charge in [0.25, 0.3) is 5.91 Å². The molecule has 0 aliphatic heterocycles. The molecule has 2 aromatic rings. The zero-order chi connectivity index (χ0) is 22.1. The molecule has 0 fully saturated rings. The summed E-state index contributed by atoms with van der Waals surface area (Å²) in [7, 11) is 3.18. The predicted molar refractivity (Wildman–Crippen MR) is 118 cm³/mol. The molecule has 0 aliphatic rings. The van der Waals surface area contributed by atoms with E-state index < -0.39 is 6.04 Å². The van der Waals surface area contributed by atoms with Crippen LogP contribution in [0.25, 0.3) is 0 Å². The summed E-state index contributed by atoms with van der Waals surface area (Å²) in [5.41, 5.74) is 1.93. The average molecular weight is 413 g/mol. The van der Waals surface area contributed by atoms with Gasteiger partial charge in [0.05, 0.1) is 7.11 Å². The average Bonchev–Trinajstić information content (AvgIpc) is 2.77. The van der Waals surface area contributed by atoms with Crippen molar-refractivity contribution >= 4 is 11.8 Å². The summed E-state index contributed by atoms with van der Waals surface area (Å²) >= 11 is 0. The Morgan fingerprint density at radius 2 is 1.83 bits per heavy atom. The Kier molecular flexibility index (Phi) is 8.71. The van der Waals surface area contributed by atoms with Crippen molar-refractivity contribution in [3.63, 3.8) is 0 Å². The molecule has 0 saturated carbocycles. The summed E-state index contributed by atoms with van der Waals surface area (Å²) in [5, 5.41) is 2.66. The van der Waals surface area contributed by atoms with E-state index in [4.69, 9.17) is 9.47 Å². The number of hydrogen-bond donors (Lipinski definition) is 1. The number of benzene rings is 2. The molecule has 1 N–H and O–H groups in total. The summed E-state index contributed by atoms with van der Waals surface area (Å²) in [6, 6.07) is 14.6. The van der Waals surface area contributed by atoms with E-state index in [1.54, 1.807) is 19.1 Å². The molecule has 1 atom stereocenters. The number of ether oxygens (including phenoxy) is 2. The molecule has 6 nitrogen and oxygen atoms in total. The topological polar surface area (TPSA) is 67.9 Å². The first-order chi connectivity index (χ1) is 14.4. The second-order valence-electron chi connectivity index (χ2n) is 7.39. The molecule has 162 valence electrons. The van der Waals surface area contributed by atoms with Crippen LogP contribution in [0.1, 0.15) is 44.2 Å². The highest BCUT2D eigenvalue weighted by atomic mass is 16.5. The fourth-order valence-corrected chi connectivity index (χ4v) is 3.36. The Balaban J connectivity index is 2.24. The minimum atomic E-state index is -0.586. The smallest absolute Gasteiger partial charge is 0.261 e. The first-order valence-corrected chi connectivity index (χ1v) is 10.3. The van der Waals surface area contributed by atoms with Gasteiger partial charge in [0.2, 0.25) is 5.91 Å². The fraction of sp³-hybridized carbons (Fsp3) is 0.417. The highest BCUT2D eigenvalue weighted by Crippen LogP contribution is 2.26. The van der Waals surface area contributed by atoms with Crippen LogP contribution in [0.2, 0.25) is 0 Å². The van der Waals surface area contributed by atoms with Crippen LogP contribution in [-0.2, 0) is 16.1 Å². The maximum atomic E-state index is 13.2. The lowest BCUT2D eigenvalue weighted by molar-refractivity contribution is -0.142. The number of likely N-dealkylation sites (N-methyl/N-ethyl adjacent to an activating group) is 1. The van der Waals surface area contributed by atoms with E-state index in [-0.39, 0.29) is 30.9 Å². The molecular weight excluding hydrogens is 380 g/mol. The molecule has 6 heteroatoms. The van der Waals surface area contributed by atoms with Gasteiger partial charge in [-0.15, -0.1) is 0 Å². The van der Waals surface area contributed by atoms with Gasteiger partial charge in [0.15, 0.2) is 6.61 Å². The summed E-state index contributed by atoms with van der Waals surface area (Å²) in [4.78, 5) is 27.2. The monoisotopic (exact) mass is 412 g/mol. The molecular formula is C24H32N2O4. The third-order valence-corrected chi connectivity index (χ3v) is 5.01. The van der Waals surface area contributed by atoms with Gasteiger partial charge in [-0.2, -0.15) is 0 Å². The van der Waals surface area contributed by atoms with Crippen LogP contribution in [0, 0.1) is 0 Å². The summed E-state index contributed by atoms with van der Waals surface area (Å²) in [5.74, 6) is 1.23. The molecule has 0 saturated heterocycles. The first-order valence-electron chi connectivity index (χ1n) is 10.3. The third kappa shape index (κ3) is 5.99. The van der Waals surface area contributed by atoms with E-state index in [9.17, 15) is 9.59 Å². The maximum absolute atomic E-state index is 13.2. The number of rotatable bonds is 10. The zero-order valence-electron chi connectivity index (χ0n) is 18.5. The minimum Gasteiger partial charge on any atom is -0.497 e. The first kappa shape index (κ1) is 23.3. The largest absolute Gasteiger partial charge is 0.497 e. The van der Waals surface area contributed by atoms with Crippen LogP contribution in [0.15, 0.2) is 48.5 Å². The Labute approximate surface area is 179 Å². The number of nitrogens with zero attached hydrogens (tertiary/aromatic N) is 1. The standard InChI is InChI=1S/C24H32N2O4/c1-6-21(24(28)25-4)26(15-18-10-9-11-19(14-18)29-5)23(27)16-30-22-13-8-7-12-20(22)17(2)3/h7-14,17,21H,6,15-16H2,1-5H3,(H,25,28)/t21-/m0/s1. The van der Waals surface area contributed by atoms with Gasteiger partial charge >= 0.3 is 0 Å². The number of hydrogen-bond acceptors (Lipinski definition) is 4. The van der Waals surface area contributed by atoms with Crippen LogP contribution in [0.5, 0.6) is 11.5 Å². The van der Waals surface area contributed by atoms with Crippen LogP contribution < -0.4 is 14.8 Å². The molecule has 0 spiro atoms. The van der Waals surface area contributed by atoms with Crippen LogP contribution >= 0.6 is 0 Å². The van der Waals surface area contributed by atoms with Crippen molar-refractivity contribution in [2.24, 2.45) is 0 Å². The maximum Gasteiger partial charge on any atom is 0.261 e. The van der Waals surface area contributed by atoms with E-state index in [1.165, 1.54) is 0 Å². The number of methoxy groups -OCH3 is 1. The van der Waals surface area contributed by atoms with Crippen LogP contribution in [0.3, 0.4) is 0 Å². The molecule has 0 aliphatic carbocycles. The van der Waals surface area contributed by atoms with Crippen molar-refractivity contribution in [3.05, 3.63) is 59.7 Å². The lowest BCUT2D eigenvalue weighted by Crippen LogP contribution is -2.49. The van der Waals surface area contributed by atoms with Crippen molar-refractivity contribution in [2.45, 2.75) is 45.7 Å². The molecule has 2 rings (SSSR count). The number of carbonyl (C=O) groups is 2. The fourth-order valence-electron chi connectivity index (χ4n) is 3.36. The van der Waals surface area contributed by atoms with Gasteiger partial charge in [0.1, 0.15) is 17.5 Å². The van der Waals surface area contributed by atoms with Crippen molar-refractivity contribution in [3.8, 4) is 11.5 Å². The Bertz CT molecular complexity index is 851. The summed E-state index contributed by atoms with van der Waals surface area (Å²) in [6.45, 7) is 6.20. The SMILES string of the molecule is CC[C@@H](C(=O)NC)N(Cc1cccc(OC)c1)C(=O)COc1ccccc1C(C)C. The normalized spacial score (nSPS) is 11.7. The lowest BCUT2D eigenvalue weighted by atomic mass is 10.0. The quantitative estimate of drug-likeness (QED) is 0.645. The molecule has 2 amide bonds. The molecule has 0 unspecified atom stereocenters. The second-order valence-corrected chi connectivity index (χ2v) is 7.39. The predicted octanol–water partition coefficient (Wildman–Crippen LogP) is 3.75. The second kappa shape index (κ2) is 11.2. The number of carbonyl (C=O) groups excluding carboxylic acids is 2. The van der Waals surface area contributed by atoms with Gasteiger partial charge in [-0.05, 0) is 41.7 Å². The van der Waals surface area contributed by atoms with Crippen LogP contribution in [-0.4, -0.2) is 43.5 Å². The van der Waals surface area contributed by atoms with E-state index in [2.05, 4.69) is 19.2 Å². The van der Waals surface area contributed by atoms with Crippen molar-refractivity contribution in [1.29, 1.82) is 0 Å². The summed E-state index contributed by atoms with van der Waals surface area (Å²) in [6.07, 6.45) is 0.498. The number of para-hydroxylation sites is 1. The van der Waals surface area contributed by atoms with E-state index in [1.807, 2.05) is 55.5 Å².